The zero-order chi connectivity index (χ0) is 38.1. The van der Waals surface area contributed by atoms with Gasteiger partial charge in [0.1, 0.15) is 17.4 Å². The first-order valence-electron chi connectivity index (χ1n) is 19.0. The average Bonchev–Trinajstić information content (AvgIpc) is 3.73. The standard InChI is InChI=1S/C50H44N4O/c1-49(2,3)34-30-39(47(55)40(31-34)50(4,5)6)48-52-46-36(21-16-24-43(46)54(48)41-22-12-10-19-35(41)32-17-8-7-9-18-32)33-26-27-38-37-20-11-13-23-42(37)53(44(38)29-33)45-25-14-15-28-51-45/h7-31,55H,1-6H3. The summed E-state index contributed by atoms with van der Waals surface area (Å²) in [7, 11) is 0. The Labute approximate surface area is 322 Å². The zero-order valence-corrected chi connectivity index (χ0v) is 32.2. The predicted molar refractivity (Wildman–Crippen MR) is 229 cm³/mol. The van der Waals surface area contributed by atoms with Crippen LogP contribution in [0.5, 0.6) is 5.75 Å². The highest BCUT2D eigenvalue weighted by molar-refractivity contribution is 6.11. The summed E-state index contributed by atoms with van der Waals surface area (Å²) in [5.41, 5.74) is 11.6. The monoisotopic (exact) mass is 716 g/mol. The van der Waals surface area contributed by atoms with Gasteiger partial charge in [0.2, 0.25) is 0 Å². The topological polar surface area (TPSA) is 55.9 Å². The molecule has 0 aliphatic heterocycles. The number of nitrogens with zero attached hydrogens (tertiary/aromatic N) is 4. The molecule has 0 fully saturated rings. The first kappa shape index (κ1) is 34.3. The molecule has 0 saturated carbocycles. The smallest absolute Gasteiger partial charge is 0.149 e. The Morgan fingerprint density at radius 2 is 1.20 bits per heavy atom. The van der Waals surface area contributed by atoms with Gasteiger partial charge in [-0.2, -0.15) is 0 Å². The lowest BCUT2D eigenvalue weighted by Gasteiger charge is -2.27. The Hall–Kier alpha value is -6.46. The van der Waals surface area contributed by atoms with E-state index in [9.17, 15) is 5.11 Å². The fraction of sp³-hybridized carbons (Fsp3) is 0.160. The number of pyridine rings is 1. The molecule has 270 valence electrons. The van der Waals surface area contributed by atoms with Crippen LogP contribution in [0.2, 0.25) is 0 Å². The maximum Gasteiger partial charge on any atom is 0.149 e. The van der Waals surface area contributed by atoms with Crippen LogP contribution < -0.4 is 0 Å². The van der Waals surface area contributed by atoms with Crippen molar-refractivity contribution in [2.75, 3.05) is 0 Å². The molecule has 9 rings (SSSR count). The molecule has 6 aromatic carbocycles. The van der Waals surface area contributed by atoms with Gasteiger partial charge in [0, 0.05) is 33.7 Å². The number of phenolic OH excluding ortho intramolecular Hbond substituents is 1. The van der Waals surface area contributed by atoms with Crippen molar-refractivity contribution in [3.05, 3.63) is 163 Å². The second-order valence-corrected chi connectivity index (χ2v) is 16.5. The Bertz CT molecular complexity index is 2890. The van der Waals surface area contributed by atoms with E-state index in [0.717, 1.165) is 67.0 Å². The van der Waals surface area contributed by atoms with Crippen LogP contribution in [0.25, 0.3) is 78.0 Å². The van der Waals surface area contributed by atoms with E-state index in [2.05, 4.69) is 178 Å². The number of aromatic hydroxyl groups is 1. The first-order valence-corrected chi connectivity index (χ1v) is 19.0. The molecule has 0 bridgehead atoms. The normalized spacial score (nSPS) is 12.3. The third-order valence-corrected chi connectivity index (χ3v) is 10.8. The van der Waals surface area contributed by atoms with E-state index in [1.165, 1.54) is 10.8 Å². The molecule has 9 aromatic rings. The summed E-state index contributed by atoms with van der Waals surface area (Å²) >= 11 is 0. The van der Waals surface area contributed by atoms with E-state index >= 15 is 0 Å². The molecule has 0 amide bonds. The molecular formula is C50H44N4O. The van der Waals surface area contributed by atoms with Crippen molar-refractivity contribution < 1.29 is 5.11 Å². The third kappa shape index (κ3) is 5.79. The quantitative estimate of drug-likeness (QED) is 0.193. The van der Waals surface area contributed by atoms with Crippen LogP contribution >= 0.6 is 0 Å². The van der Waals surface area contributed by atoms with E-state index in [4.69, 9.17) is 9.97 Å². The molecule has 0 aliphatic rings. The second kappa shape index (κ2) is 12.8. The zero-order valence-electron chi connectivity index (χ0n) is 32.2. The van der Waals surface area contributed by atoms with Crippen molar-refractivity contribution in [2.24, 2.45) is 0 Å². The lowest BCUT2D eigenvalue weighted by Crippen LogP contribution is -2.17. The number of fused-ring (bicyclic) bond motifs is 4. The largest absolute Gasteiger partial charge is 0.507 e. The lowest BCUT2D eigenvalue weighted by atomic mass is 9.79. The molecule has 0 spiro atoms. The third-order valence-electron chi connectivity index (χ3n) is 10.8. The van der Waals surface area contributed by atoms with Gasteiger partial charge < -0.3 is 5.11 Å². The Kier molecular flexibility index (Phi) is 8.01. The molecule has 3 heterocycles. The maximum atomic E-state index is 12.3. The molecule has 5 heteroatoms. The van der Waals surface area contributed by atoms with E-state index in [-0.39, 0.29) is 16.6 Å². The summed E-state index contributed by atoms with van der Waals surface area (Å²) in [6.07, 6.45) is 1.84. The van der Waals surface area contributed by atoms with Gasteiger partial charge in [-0.05, 0) is 70.0 Å². The second-order valence-electron chi connectivity index (χ2n) is 16.5. The van der Waals surface area contributed by atoms with Gasteiger partial charge >= 0.3 is 0 Å². The van der Waals surface area contributed by atoms with Gasteiger partial charge in [0.05, 0.1) is 33.3 Å². The van der Waals surface area contributed by atoms with Gasteiger partial charge in [-0.3, -0.25) is 9.13 Å². The Morgan fingerprint density at radius 1 is 0.509 bits per heavy atom. The van der Waals surface area contributed by atoms with Crippen molar-refractivity contribution in [2.45, 2.75) is 52.4 Å². The molecule has 0 unspecified atom stereocenters. The molecule has 0 radical (unpaired) electrons. The molecular weight excluding hydrogens is 673 g/mol. The molecule has 55 heavy (non-hydrogen) atoms. The van der Waals surface area contributed by atoms with Gasteiger partial charge in [-0.15, -0.1) is 0 Å². The summed E-state index contributed by atoms with van der Waals surface area (Å²) in [5, 5.41) is 14.6. The molecule has 0 atom stereocenters. The SMILES string of the molecule is CC(C)(C)c1cc(-c2nc3c(-c4ccc5c6ccccc6n(-c6ccccn6)c5c4)cccc3n2-c2ccccc2-c2ccccc2)c(O)c(C(C)(C)C)c1. The summed E-state index contributed by atoms with van der Waals surface area (Å²) in [5.74, 6) is 1.83. The minimum absolute atomic E-state index is 0.159. The van der Waals surface area contributed by atoms with Gasteiger partial charge in [-0.1, -0.05) is 145 Å². The minimum Gasteiger partial charge on any atom is -0.507 e. The molecule has 3 aromatic heterocycles. The van der Waals surface area contributed by atoms with Gasteiger partial charge in [0.25, 0.3) is 0 Å². The molecule has 5 nitrogen and oxygen atoms in total. The van der Waals surface area contributed by atoms with Gasteiger partial charge in [0.15, 0.2) is 0 Å². The van der Waals surface area contributed by atoms with Crippen molar-refractivity contribution >= 4 is 32.8 Å². The number of hydrogen-bond donors (Lipinski definition) is 1. The number of para-hydroxylation sites is 3. The van der Waals surface area contributed by atoms with Crippen molar-refractivity contribution in [3.8, 4) is 50.9 Å². The molecule has 0 aliphatic carbocycles. The Morgan fingerprint density at radius 3 is 1.96 bits per heavy atom. The van der Waals surface area contributed by atoms with E-state index < -0.39 is 0 Å². The van der Waals surface area contributed by atoms with Crippen molar-refractivity contribution in [3.63, 3.8) is 0 Å². The van der Waals surface area contributed by atoms with Crippen LogP contribution in [0.4, 0.5) is 0 Å². The molecule has 0 saturated heterocycles. The van der Waals surface area contributed by atoms with Crippen LogP contribution in [0, 0.1) is 0 Å². The number of hydrogen-bond acceptors (Lipinski definition) is 3. The summed E-state index contributed by atoms with van der Waals surface area (Å²) in [6.45, 7) is 13.1. The fourth-order valence-corrected chi connectivity index (χ4v) is 7.97. The molecule has 1 N–H and O–H groups in total. The highest BCUT2D eigenvalue weighted by Crippen LogP contribution is 2.45. The van der Waals surface area contributed by atoms with Crippen LogP contribution in [-0.2, 0) is 10.8 Å². The highest BCUT2D eigenvalue weighted by Gasteiger charge is 2.29. The predicted octanol–water partition coefficient (Wildman–Crippen LogP) is 12.8. The average molecular weight is 717 g/mol. The van der Waals surface area contributed by atoms with Crippen molar-refractivity contribution in [1.29, 1.82) is 0 Å². The Balaban J connectivity index is 1.37. The first-order chi connectivity index (χ1) is 26.5. The van der Waals surface area contributed by atoms with Gasteiger partial charge in [-0.25, -0.2) is 9.97 Å². The number of phenols is 1. The number of imidazole rings is 1. The van der Waals surface area contributed by atoms with E-state index in [0.29, 0.717) is 11.4 Å². The summed E-state index contributed by atoms with van der Waals surface area (Å²) in [4.78, 5) is 10.3. The van der Waals surface area contributed by atoms with Crippen LogP contribution in [0.15, 0.2) is 152 Å². The number of rotatable bonds is 5. The van der Waals surface area contributed by atoms with Crippen LogP contribution in [-0.4, -0.2) is 24.2 Å². The van der Waals surface area contributed by atoms with E-state index in [1.807, 2.05) is 24.4 Å². The fourth-order valence-electron chi connectivity index (χ4n) is 7.97. The van der Waals surface area contributed by atoms with Crippen molar-refractivity contribution in [1.82, 2.24) is 19.1 Å². The van der Waals surface area contributed by atoms with E-state index in [1.54, 1.807) is 0 Å². The number of benzene rings is 6. The van der Waals surface area contributed by atoms with Crippen LogP contribution in [0.1, 0.15) is 52.7 Å². The lowest BCUT2D eigenvalue weighted by molar-refractivity contribution is 0.446. The summed E-state index contributed by atoms with van der Waals surface area (Å²) < 4.78 is 4.50. The summed E-state index contributed by atoms with van der Waals surface area (Å²) in [6, 6.07) is 51.0. The van der Waals surface area contributed by atoms with Crippen LogP contribution in [0.3, 0.4) is 0 Å². The number of aromatic nitrogens is 4. The minimum atomic E-state index is -0.300. The maximum absolute atomic E-state index is 12.3. The highest BCUT2D eigenvalue weighted by atomic mass is 16.3.